The van der Waals surface area contributed by atoms with E-state index >= 15 is 0 Å². The maximum atomic E-state index is 6.23. The number of hydrogen-bond acceptors (Lipinski definition) is 6. The summed E-state index contributed by atoms with van der Waals surface area (Å²) in [5.74, 6) is 1.04. The zero-order chi connectivity index (χ0) is 12.4. The number of methoxy groups -OCH3 is 2. The van der Waals surface area contributed by atoms with E-state index in [0.717, 1.165) is 5.56 Å². The fraction of sp³-hybridized carbons (Fsp3) is 0.200. The number of nitrogens with zero attached hydrogens (tertiary/aromatic N) is 2. The zero-order valence-corrected chi connectivity index (χ0v) is 10.8. The molecule has 1 aromatic carbocycles. The van der Waals surface area contributed by atoms with Crippen LogP contribution in [-0.2, 0) is 0 Å². The fourth-order valence-corrected chi connectivity index (χ4v) is 2.42. The summed E-state index contributed by atoms with van der Waals surface area (Å²) in [4.78, 5) is 0. The van der Waals surface area contributed by atoms with Crippen molar-refractivity contribution in [2.24, 2.45) is 0 Å². The summed E-state index contributed by atoms with van der Waals surface area (Å²) in [5.41, 5.74) is 6.26. The second-order valence-corrected chi connectivity index (χ2v) is 4.50. The van der Waals surface area contributed by atoms with E-state index in [1.807, 2.05) is 0 Å². The van der Waals surface area contributed by atoms with Gasteiger partial charge in [-0.2, -0.15) is 0 Å². The molecule has 90 valence electrons. The van der Waals surface area contributed by atoms with E-state index in [1.165, 1.54) is 18.4 Å². The van der Waals surface area contributed by atoms with Gasteiger partial charge in [-0.3, -0.25) is 0 Å². The van der Waals surface area contributed by atoms with Crippen molar-refractivity contribution in [3.63, 3.8) is 0 Å². The Morgan fingerprint density at radius 3 is 2.53 bits per heavy atom. The second-order valence-electron chi connectivity index (χ2n) is 3.11. The molecule has 5 nitrogen and oxygen atoms in total. The van der Waals surface area contributed by atoms with Gasteiger partial charge in [0.1, 0.15) is 0 Å². The van der Waals surface area contributed by atoms with Crippen LogP contribution in [0.15, 0.2) is 12.1 Å². The molecule has 2 N–H and O–H groups in total. The van der Waals surface area contributed by atoms with Gasteiger partial charge in [0.05, 0.1) is 19.2 Å². The third-order valence-corrected chi connectivity index (χ3v) is 3.32. The van der Waals surface area contributed by atoms with E-state index in [2.05, 4.69) is 10.2 Å². The SMILES string of the molecule is COc1ccc(-c2nnc(N)s2)c(Cl)c1OC. The van der Waals surface area contributed by atoms with Gasteiger partial charge in [-0.1, -0.05) is 22.9 Å². The minimum atomic E-state index is 0.394. The molecule has 7 heteroatoms. The molecule has 1 heterocycles. The molecule has 0 aliphatic rings. The number of aromatic nitrogens is 2. The minimum absolute atomic E-state index is 0.394. The van der Waals surface area contributed by atoms with Crippen molar-refractivity contribution < 1.29 is 9.47 Å². The van der Waals surface area contributed by atoms with E-state index in [1.54, 1.807) is 19.2 Å². The number of nitrogen functional groups attached to an aromatic ring is 1. The molecule has 2 aromatic rings. The molecule has 0 atom stereocenters. The van der Waals surface area contributed by atoms with Crippen molar-refractivity contribution in [3.8, 4) is 22.1 Å². The topological polar surface area (TPSA) is 70.3 Å². The molecule has 0 aliphatic heterocycles. The van der Waals surface area contributed by atoms with E-state index < -0.39 is 0 Å². The average Bonchev–Trinajstić information content (AvgIpc) is 2.75. The Hall–Kier alpha value is -1.53. The van der Waals surface area contributed by atoms with Crippen LogP contribution < -0.4 is 15.2 Å². The Labute approximate surface area is 107 Å². The number of rotatable bonds is 3. The lowest BCUT2D eigenvalue weighted by Crippen LogP contribution is -1.92. The van der Waals surface area contributed by atoms with Crippen molar-refractivity contribution in [2.45, 2.75) is 0 Å². The third kappa shape index (κ3) is 2.13. The smallest absolute Gasteiger partial charge is 0.203 e. The molecular weight excluding hydrogens is 262 g/mol. The normalized spacial score (nSPS) is 10.3. The molecule has 0 spiro atoms. The van der Waals surface area contributed by atoms with Crippen LogP contribution in [-0.4, -0.2) is 24.4 Å². The van der Waals surface area contributed by atoms with Gasteiger partial charge in [0.2, 0.25) is 5.13 Å². The summed E-state index contributed by atoms with van der Waals surface area (Å²) < 4.78 is 10.4. The van der Waals surface area contributed by atoms with Crippen molar-refractivity contribution in [1.29, 1.82) is 0 Å². The predicted octanol–water partition coefficient (Wildman–Crippen LogP) is 2.46. The number of anilines is 1. The lowest BCUT2D eigenvalue weighted by molar-refractivity contribution is 0.355. The van der Waals surface area contributed by atoms with E-state index in [9.17, 15) is 0 Å². The molecule has 0 saturated carbocycles. The molecule has 0 saturated heterocycles. The van der Waals surface area contributed by atoms with Gasteiger partial charge in [-0.15, -0.1) is 10.2 Å². The highest BCUT2D eigenvalue weighted by molar-refractivity contribution is 7.18. The number of halogens is 1. The maximum Gasteiger partial charge on any atom is 0.203 e. The summed E-state index contributed by atoms with van der Waals surface area (Å²) in [6.07, 6.45) is 0. The zero-order valence-electron chi connectivity index (χ0n) is 9.23. The van der Waals surface area contributed by atoms with Gasteiger partial charge in [0, 0.05) is 5.56 Å². The van der Waals surface area contributed by atoms with Gasteiger partial charge < -0.3 is 15.2 Å². The van der Waals surface area contributed by atoms with E-state index in [4.69, 9.17) is 26.8 Å². The number of benzene rings is 1. The highest BCUT2D eigenvalue weighted by Crippen LogP contribution is 2.42. The highest BCUT2D eigenvalue weighted by Gasteiger charge is 2.16. The Bertz CT molecular complexity index is 544. The molecule has 1 aromatic heterocycles. The quantitative estimate of drug-likeness (QED) is 0.928. The van der Waals surface area contributed by atoms with Gasteiger partial charge in [0.25, 0.3) is 0 Å². The first-order chi connectivity index (χ1) is 8.17. The van der Waals surface area contributed by atoms with Gasteiger partial charge >= 0.3 is 0 Å². The van der Waals surface area contributed by atoms with Crippen molar-refractivity contribution in [2.75, 3.05) is 20.0 Å². The molecule has 0 bridgehead atoms. The average molecular weight is 272 g/mol. The Morgan fingerprint density at radius 2 is 2.00 bits per heavy atom. The Kier molecular flexibility index (Phi) is 3.35. The largest absolute Gasteiger partial charge is 0.493 e. The lowest BCUT2D eigenvalue weighted by atomic mass is 10.2. The first kappa shape index (κ1) is 11.9. The van der Waals surface area contributed by atoms with Gasteiger partial charge in [0.15, 0.2) is 16.5 Å². The van der Waals surface area contributed by atoms with Crippen LogP contribution in [0.1, 0.15) is 0 Å². The summed E-state index contributed by atoms with van der Waals surface area (Å²) in [7, 11) is 3.08. The van der Waals surface area contributed by atoms with Gasteiger partial charge in [-0.25, -0.2) is 0 Å². The predicted molar refractivity (Wildman–Crippen MR) is 67.9 cm³/mol. The van der Waals surface area contributed by atoms with E-state index in [-0.39, 0.29) is 0 Å². The fourth-order valence-electron chi connectivity index (χ4n) is 1.40. The first-order valence-electron chi connectivity index (χ1n) is 4.67. The second kappa shape index (κ2) is 4.77. The van der Waals surface area contributed by atoms with Crippen LogP contribution in [0.5, 0.6) is 11.5 Å². The van der Waals surface area contributed by atoms with Crippen LogP contribution in [0.3, 0.4) is 0 Å². The lowest BCUT2D eigenvalue weighted by Gasteiger charge is -2.11. The number of ether oxygens (including phenoxy) is 2. The van der Waals surface area contributed by atoms with Crippen LogP contribution >= 0.6 is 22.9 Å². The molecule has 2 rings (SSSR count). The standard InChI is InChI=1S/C10H10ClN3O2S/c1-15-6-4-3-5(7(11)8(6)16-2)9-13-14-10(12)17-9/h3-4H,1-2H3,(H2,12,14). The maximum absolute atomic E-state index is 6.23. The summed E-state index contributed by atoms with van der Waals surface area (Å²) >= 11 is 7.49. The summed E-state index contributed by atoms with van der Waals surface area (Å²) in [5, 5.41) is 9.16. The molecule has 17 heavy (non-hydrogen) atoms. The Balaban J connectivity index is 2.56. The van der Waals surface area contributed by atoms with Gasteiger partial charge in [-0.05, 0) is 12.1 Å². The minimum Gasteiger partial charge on any atom is -0.493 e. The number of nitrogens with two attached hydrogens (primary N) is 1. The van der Waals surface area contributed by atoms with Crippen molar-refractivity contribution >= 4 is 28.1 Å². The van der Waals surface area contributed by atoms with Crippen LogP contribution in [0, 0.1) is 0 Å². The molecule has 0 unspecified atom stereocenters. The summed E-state index contributed by atoms with van der Waals surface area (Å²) in [6, 6.07) is 3.56. The van der Waals surface area contributed by atoms with Crippen LogP contribution in [0.2, 0.25) is 5.02 Å². The highest BCUT2D eigenvalue weighted by atomic mass is 35.5. The monoisotopic (exact) mass is 271 g/mol. The molecule has 0 aliphatic carbocycles. The van der Waals surface area contributed by atoms with Crippen molar-refractivity contribution in [3.05, 3.63) is 17.2 Å². The Morgan fingerprint density at radius 1 is 1.24 bits per heavy atom. The van der Waals surface area contributed by atoms with E-state index in [0.29, 0.717) is 26.7 Å². The molecule has 0 radical (unpaired) electrons. The van der Waals surface area contributed by atoms with Crippen LogP contribution in [0.4, 0.5) is 5.13 Å². The van der Waals surface area contributed by atoms with Crippen molar-refractivity contribution in [1.82, 2.24) is 10.2 Å². The molecular formula is C10H10ClN3O2S. The van der Waals surface area contributed by atoms with Crippen LogP contribution in [0.25, 0.3) is 10.6 Å². The molecule has 0 fully saturated rings. The first-order valence-corrected chi connectivity index (χ1v) is 5.86. The third-order valence-electron chi connectivity index (χ3n) is 2.16. The summed E-state index contributed by atoms with van der Waals surface area (Å²) in [6.45, 7) is 0. The molecule has 0 amide bonds. The number of hydrogen-bond donors (Lipinski definition) is 1.